The van der Waals surface area contributed by atoms with Crippen molar-refractivity contribution >= 4 is 28.4 Å². The van der Waals surface area contributed by atoms with Gasteiger partial charge < -0.3 is 10.5 Å². The van der Waals surface area contributed by atoms with E-state index in [-0.39, 0.29) is 0 Å². The van der Waals surface area contributed by atoms with Crippen molar-refractivity contribution in [1.29, 1.82) is 0 Å². The second-order valence-corrected chi connectivity index (χ2v) is 5.75. The number of nitrogens with two attached hydrogens (primary N) is 1. The molecular weight excluding hydrogens is 296 g/mol. The summed E-state index contributed by atoms with van der Waals surface area (Å²) in [5, 5.41) is 2.10. The molecule has 2 N–H and O–H groups in total. The molecule has 0 aliphatic heterocycles. The van der Waals surface area contributed by atoms with Crippen LogP contribution in [0.25, 0.3) is 10.8 Å². The molecule has 0 radical (unpaired) electrons. The van der Waals surface area contributed by atoms with Gasteiger partial charge in [0.2, 0.25) is 0 Å². The van der Waals surface area contributed by atoms with Crippen molar-refractivity contribution in [2.24, 2.45) is 4.99 Å². The molecule has 0 aromatic heterocycles. The largest absolute Gasteiger partial charge is 0.494 e. The molecule has 0 aliphatic rings. The zero-order valence-corrected chi connectivity index (χ0v) is 13.9. The van der Waals surface area contributed by atoms with E-state index in [1.807, 2.05) is 66.9 Å². The van der Waals surface area contributed by atoms with E-state index in [9.17, 15) is 0 Å². The van der Waals surface area contributed by atoms with Crippen LogP contribution in [0.4, 0.5) is 11.4 Å². The minimum Gasteiger partial charge on any atom is -0.494 e. The number of nitrogens with zero attached hydrogens (tertiary/aromatic N) is 1. The fourth-order valence-corrected chi connectivity index (χ4v) is 2.55. The van der Waals surface area contributed by atoms with Gasteiger partial charge in [0, 0.05) is 22.7 Å². The summed E-state index contributed by atoms with van der Waals surface area (Å²) in [6.45, 7) is 2.92. The lowest BCUT2D eigenvalue weighted by molar-refractivity contribution is 0.309. The monoisotopic (exact) mass is 318 g/mol. The van der Waals surface area contributed by atoms with E-state index in [1.54, 1.807) is 0 Å². The van der Waals surface area contributed by atoms with Crippen LogP contribution in [0.1, 0.15) is 25.3 Å². The topological polar surface area (TPSA) is 47.6 Å². The molecule has 0 aliphatic carbocycles. The van der Waals surface area contributed by atoms with E-state index in [2.05, 4.69) is 11.9 Å². The third-order valence-electron chi connectivity index (χ3n) is 3.93. The van der Waals surface area contributed by atoms with E-state index < -0.39 is 0 Å². The minimum atomic E-state index is 0.765. The molecule has 3 heteroatoms. The highest BCUT2D eigenvalue weighted by Crippen LogP contribution is 2.30. The Morgan fingerprint density at radius 2 is 1.71 bits per heavy atom. The first kappa shape index (κ1) is 16.1. The van der Waals surface area contributed by atoms with Gasteiger partial charge in [-0.1, -0.05) is 37.6 Å². The zero-order valence-electron chi connectivity index (χ0n) is 13.9. The van der Waals surface area contributed by atoms with E-state index >= 15 is 0 Å². The molecule has 0 saturated heterocycles. The van der Waals surface area contributed by atoms with E-state index in [1.165, 1.54) is 0 Å². The highest BCUT2D eigenvalue weighted by atomic mass is 16.5. The van der Waals surface area contributed by atoms with Gasteiger partial charge in [0.1, 0.15) is 5.75 Å². The Hall–Kier alpha value is -2.81. The molecule has 0 fully saturated rings. The molecule has 0 heterocycles. The highest BCUT2D eigenvalue weighted by Gasteiger charge is 2.02. The molecule has 122 valence electrons. The van der Waals surface area contributed by atoms with Crippen molar-refractivity contribution in [2.45, 2.75) is 19.8 Å². The van der Waals surface area contributed by atoms with Crippen molar-refractivity contribution in [3.8, 4) is 5.75 Å². The van der Waals surface area contributed by atoms with Crippen LogP contribution < -0.4 is 10.5 Å². The van der Waals surface area contributed by atoms with Crippen LogP contribution in [0.3, 0.4) is 0 Å². The number of ether oxygens (including phenoxy) is 1. The van der Waals surface area contributed by atoms with Gasteiger partial charge in [-0.05, 0) is 48.4 Å². The van der Waals surface area contributed by atoms with E-state index in [0.29, 0.717) is 0 Å². The lowest BCUT2D eigenvalue weighted by Gasteiger charge is -2.06. The molecule has 0 spiro atoms. The van der Waals surface area contributed by atoms with Gasteiger partial charge in [0.25, 0.3) is 0 Å². The van der Waals surface area contributed by atoms with Gasteiger partial charge in [-0.25, -0.2) is 0 Å². The quantitative estimate of drug-likeness (QED) is 0.378. The molecule has 3 aromatic rings. The lowest BCUT2D eigenvalue weighted by atomic mass is 10.1. The van der Waals surface area contributed by atoms with Crippen molar-refractivity contribution in [1.82, 2.24) is 0 Å². The summed E-state index contributed by atoms with van der Waals surface area (Å²) >= 11 is 0. The molecule has 0 unspecified atom stereocenters. The number of anilines is 1. The van der Waals surface area contributed by atoms with Gasteiger partial charge >= 0.3 is 0 Å². The van der Waals surface area contributed by atoms with Crippen LogP contribution in [-0.2, 0) is 0 Å². The fraction of sp³-hybridized carbons (Fsp3) is 0.190. The summed E-state index contributed by atoms with van der Waals surface area (Å²) < 4.78 is 5.68. The van der Waals surface area contributed by atoms with E-state index in [4.69, 9.17) is 10.5 Å². The van der Waals surface area contributed by atoms with Gasteiger partial charge in [0.05, 0.1) is 12.3 Å². The molecule has 0 atom stereocenters. The Balaban J connectivity index is 1.78. The number of hydrogen-bond donors (Lipinski definition) is 1. The Bertz CT molecular complexity index is 838. The van der Waals surface area contributed by atoms with Crippen LogP contribution in [0.5, 0.6) is 5.75 Å². The zero-order chi connectivity index (χ0) is 16.8. The van der Waals surface area contributed by atoms with Gasteiger partial charge in [-0.2, -0.15) is 0 Å². The summed E-state index contributed by atoms with van der Waals surface area (Å²) in [5.41, 5.74) is 8.77. The maximum atomic E-state index is 6.03. The lowest BCUT2D eigenvalue weighted by Crippen LogP contribution is -1.96. The van der Waals surface area contributed by atoms with Crippen molar-refractivity contribution in [3.05, 3.63) is 66.2 Å². The Labute approximate surface area is 142 Å². The molecule has 3 rings (SSSR count). The predicted octanol–water partition coefficient (Wildman–Crippen LogP) is 5.35. The summed E-state index contributed by atoms with van der Waals surface area (Å²) in [6.07, 6.45) is 4.08. The van der Waals surface area contributed by atoms with Gasteiger partial charge in [0.15, 0.2) is 0 Å². The summed E-state index contributed by atoms with van der Waals surface area (Å²) in [7, 11) is 0. The van der Waals surface area contributed by atoms with Crippen LogP contribution in [0.2, 0.25) is 0 Å². The summed E-state index contributed by atoms with van der Waals surface area (Å²) in [5.74, 6) is 0.901. The van der Waals surface area contributed by atoms with Crippen molar-refractivity contribution in [3.63, 3.8) is 0 Å². The minimum absolute atomic E-state index is 0.765. The first-order valence-corrected chi connectivity index (χ1v) is 8.32. The average molecular weight is 318 g/mol. The highest BCUT2D eigenvalue weighted by molar-refractivity contribution is 6.01. The van der Waals surface area contributed by atoms with Crippen molar-refractivity contribution in [2.75, 3.05) is 12.3 Å². The Kier molecular flexibility index (Phi) is 5.12. The fourth-order valence-electron chi connectivity index (χ4n) is 2.55. The SMILES string of the molecule is CCCCOc1ccc(/C=N/c2ccc(N)c3ccccc23)cc1. The molecule has 3 nitrogen and oxygen atoms in total. The smallest absolute Gasteiger partial charge is 0.119 e. The molecule has 0 bridgehead atoms. The van der Waals surface area contributed by atoms with Gasteiger partial charge in [-0.15, -0.1) is 0 Å². The van der Waals surface area contributed by atoms with Crippen LogP contribution in [0.15, 0.2) is 65.7 Å². The predicted molar refractivity (Wildman–Crippen MR) is 102 cm³/mol. The van der Waals surface area contributed by atoms with Gasteiger partial charge in [-0.3, -0.25) is 4.99 Å². The third-order valence-corrected chi connectivity index (χ3v) is 3.93. The Morgan fingerprint density at radius 1 is 0.958 bits per heavy atom. The summed E-state index contributed by atoms with van der Waals surface area (Å²) in [6, 6.07) is 19.9. The molecule has 24 heavy (non-hydrogen) atoms. The molecule has 0 amide bonds. The van der Waals surface area contributed by atoms with Crippen LogP contribution in [0, 0.1) is 0 Å². The number of rotatable bonds is 6. The second-order valence-electron chi connectivity index (χ2n) is 5.75. The molecule has 0 saturated carbocycles. The second kappa shape index (κ2) is 7.64. The maximum Gasteiger partial charge on any atom is 0.119 e. The maximum absolute atomic E-state index is 6.03. The summed E-state index contributed by atoms with van der Waals surface area (Å²) in [4.78, 5) is 4.63. The van der Waals surface area contributed by atoms with Crippen LogP contribution in [-0.4, -0.2) is 12.8 Å². The molecule has 3 aromatic carbocycles. The number of nitrogen functional groups attached to an aromatic ring is 1. The number of hydrogen-bond acceptors (Lipinski definition) is 3. The normalized spacial score (nSPS) is 11.2. The van der Waals surface area contributed by atoms with E-state index in [0.717, 1.165) is 52.9 Å². The first-order chi connectivity index (χ1) is 11.8. The van der Waals surface area contributed by atoms with Crippen molar-refractivity contribution < 1.29 is 4.74 Å². The number of fused-ring (bicyclic) bond motifs is 1. The number of benzene rings is 3. The number of aliphatic imine (C=N–C) groups is 1. The van der Waals surface area contributed by atoms with Crippen LogP contribution >= 0.6 is 0 Å². The third kappa shape index (κ3) is 3.74. The first-order valence-electron chi connectivity index (χ1n) is 8.32. The average Bonchev–Trinajstić information content (AvgIpc) is 2.63. The number of unbranched alkanes of at least 4 members (excludes halogenated alkanes) is 1. The Morgan fingerprint density at radius 3 is 2.46 bits per heavy atom. The molecular formula is C21H22N2O. The standard InChI is InChI=1S/C21H22N2O/c1-2-3-14-24-17-10-8-16(9-11-17)15-23-21-13-12-20(22)18-6-4-5-7-19(18)21/h4-13,15H,2-3,14,22H2,1H3/b23-15+.